The van der Waals surface area contributed by atoms with Crippen molar-refractivity contribution >= 4 is 5.91 Å². The lowest BCUT2D eigenvalue weighted by molar-refractivity contribution is -0.116. The molecular formula is C20H25FN2O. The second-order valence-corrected chi connectivity index (χ2v) is 7.52. The topological polar surface area (TPSA) is 32.3 Å². The largest absolute Gasteiger partial charge is 0.352 e. The molecule has 2 saturated carbocycles. The van der Waals surface area contributed by atoms with Crippen LogP contribution in [0.1, 0.15) is 44.1 Å². The van der Waals surface area contributed by atoms with Crippen LogP contribution in [0.2, 0.25) is 0 Å². The molecule has 1 aromatic rings. The van der Waals surface area contributed by atoms with Crippen LogP contribution in [0.4, 0.5) is 4.39 Å². The molecule has 0 atom stereocenters. The van der Waals surface area contributed by atoms with Crippen molar-refractivity contribution in [3.05, 3.63) is 47.3 Å². The van der Waals surface area contributed by atoms with Gasteiger partial charge in [0, 0.05) is 31.2 Å². The first-order valence-corrected chi connectivity index (χ1v) is 9.14. The van der Waals surface area contributed by atoms with Crippen LogP contribution in [0.3, 0.4) is 0 Å². The standard InChI is InChI=1S/C20H25FN2O/c21-18-5-3-17(4-6-18)20(9-10-20)23-11-7-15(8-12-23)13-19(24)22-14-16-1-2-16/h3-6,13,16H,1-2,7-12,14H2,(H,22,24). The molecule has 1 aromatic carbocycles. The van der Waals surface area contributed by atoms with Gasteiger partial charge in [-0.1, -0.05) is 17.7 Å². The smallest absolute Gasteiger partial charge is 0.243 e. The Labute approximate surface area is 142 Å². The summed E-state index contributed by atoms with van der Waals surface area (Å²) in [4.78, 5) is 14.5. The predicted molar refractivity (Wildman–Crippen MR) is 91.9 cm³/mol. The Morgan fingerprint density at radius 2 is 1.88 bits per heavy atom. The number of benzene rings is 1. The van der Waals surface area contributed by atoms with E-state index in [-0.39, 0.29) is 17.3 Å². The lowest BCUT2D eigenvalue weighted by atomic mass is 9.97. The molecule has 0 aromatic heterocycles. The van der Waals surface area contributed by atoms with Gasteiger partial charge in [0.25, 0.3) is 0 Å². The number of nitrogens with zero attached hydrogens (tertiary/aromatic N) is 1. The van der Waals surface area contributed by atoms with Crippen molar-refractivity contribution in [3.63, 3.8) is 0 Å². The molecule has 3 nitrogen and oxygen atoms in total. The highest BCUT2D eigenvalue weighted by Crippen LogP contribution is 2.52. The van der Waals surface area contributed by atoms with E-state index in [1.54, 1.807) is 12.1 Å². The van der Waals surface area contributed by atoms with Crippen molar-refractivity contribution in [1.82, 2.24) is 10.2 Å². The minimum Gasteiger partial charge on any atom is -0.352 e. The Morgan fingerprint density at radius 3 is 2.46 bits per heavy atom. The van der Waals surface area contributed by atoms with Crippen molar-refractivity contribution in [1.29, 1.82) is 0 Å². The normalized spacial score (nSPS) is 23.0. The molecule has 1 aliphatic heterocycles. The molecule has 1 heterocycles. The van der Waals surface area contributed by atoms with Gasteiger partial charge < -0.3 is 5.32 Å². The van der Waals surface area contributed by atoms with E-state index in [2.05, 4.69) is 10.2 Å². The summed E-state index contributed by atoms with van der Waals surface area (Å²) in [5, 5.41) is 3.01. The maximum Gasteiger partial charge on any atom is 0.243 e. The lowest BCUT2D eigenvalue weighted by Crippen LogP contribution is -2.40. The van der Waals surface area contributed by atoms with Gasteiger partial charge >= 0.3 is 0 Å². The number of hydrogen-bond donors (Lipinski definition) is 1. The number of rotatable bonds is 5. The van der Waals surface area contributed by atoms with Gasteiger partial charge in [-0.15, -0.1) is 0 Å². The molecule has 4 heteroatoms. The minimum absolute atomic E-state index is 0.0741. The van der Waals surface area contributed by atoms with Gasteiger partial charge in [-0.25, -0.2) is 4.39 Å². The molecule has 4 rings (SSSR count). The van der Waals surface area contributed by atoms with Gasteiger partial charge in [0.1, 0.15) is 5.82 Å². The third-order valence-electron chi connectivity index (χ3n) is 5.71. The molecular weight excluding hydrogens is 303 g/mol. The highest BCUT2D eigenvalue weighted by Gasteiger charge is 2.49. The van der Waals surface area contributed by atoms with Crippen molar-refractivity contribution in [2.45, 2.75) is 44.1 Å². The fourth-order valence-electron chi connectivity index (χ4n) is 3.84. The van der Waals surface area contributed by atoms with Crippen molar-refractivity contribution < 1.29 is 9.18 Å². The molecule has 0 bridgehead atoms. The molecule has 1 amide bonds. The summed E-state index contributed by atoms with van der Waals surface area (Å²) in [5.41, 5.74) is 2.61. The molecule has 1 N–H and O–H groups in total. The van der Waals surface area contributed by atoms with E-state index in [4.69, 9.17) is 0 Å². The zero-order chi connectivity index (χ0) is 16.6. The Hall–Kier alpha value is -1.68. The first-order valence-electron chi connectivity index (χ1n) is 9.14. The van der Waals surface area contributed by atoms with Crippen LogP contribution in [-0.2, 0) is 10.3 Å². The average Bonchev–Trinajstić information content (AvgIpc) is 3.48. The number of halogens is 1. The molecule has 3 fully saturated rings. The number of likely N-dealkylation sites (tertiary alicyclic amines) is 1. The Balaban J connectivity index is 1.34. The van der Waals surface area contributed by atoms with Crippen molar-refractivity contribution in [3.8, 4) is 0 Å². The first kappa shape index (κ1) is 15.8. The molecule has 0 radical (unpaired) electrons. The number of hydrogen-bond acceptors (Lipinski definition) is 2. The SMILES string of the molecule is O=C(C=C1CCN(C2(c3ccc(F)cc3)CC2)CC1)NCC1CC1. The molecule has 0 unspecified atom stereocenters. The molecule has 0 spiro atoms. The van der Waals surface area contributed by atoms with Crippen LogP contribution in [0.15, 0.2) is 35.9 Å². The van der Waals surface area contributed by atoms with Crippen molar-refractivity contribution in [2.24, 2.45) is 5.92 Å². The summed E-state index contributed by atoms with van der Waals surface area (Å²) >= 11 is 0. The van der Waals surface area contributed by atoms with Crippen LogP contribution in [0.25, 0.3) is 0 Å². The number of carbonyl (C=O) groups is 1. The molecule has 24 heavy (non-hydrogen) atoms. The van der Waals surface area contributed by atoms with E-state index in [0.717, 1.165) is 51.2 Å². The van der Waals surface area contributed by atoms with E-state index in [1.807, 2.05) is 18.2 Å². The maximum atomic E-state index is 13.2. The maximum absolute atomic E-state index is 13.2. The lowest BCUT2D eigenvalue weighted by Gasteiger charge is -2.36. The van der Waals surface area contributed by atoms with Gasteiger partial charge in [0.05, 0.1) is 0 Å². The Bertz CT molecular complexity index is 634. The summed E-state index contributed by atoms with van der Waals surface area (Å²) in [6.07, 6.45) is 8.56. The average molecular weight is 328 g/mol. The number of piperidine rings is 1. The summed E-state index contributed by atoms with van der Waals surface area (Å²) in [7, 11) is 0. The van der Waals surface area contributed by atoms with E-state index < -0.39 is 0 Å². The highest BCUT2D eigenvalue weighted by molar-refractivity contribution is 5.88. The second kappa shape index (κ2) is 6.32. The zero-order valence-corrected chi connectivity index (χ0v) is 14.1. The summed E-state index contributed by atoms with van der Waals surface area (Å²) < 4.78 is 13.2. The fourth-order valence-corrected chi connectivity index (χ4v) is 3.84. The number of nitrogens with one attached hydrogen (secondary N) is 1. The summed E-state index contributed by atoms with van der Waals surface area (Å²) in [5.74, 6) is 0.625. The van der Waals surface area contributed by atoms with E-state index in [0.29, 0.717) is 0 Å². The zero-order valence-electron chi connectivity index (χ0n) is 14.1. The molecule has 3 aliphatic rings. The van der Waals surface area contributed by atoms with E-state index in [9.17, 15) is 9.18 Å². The minimum atomic E-state index is -0.171. The van der Waals surface area contributed by atoms with Crippen LogP contribution in [0, 0.1) is 11.7 Å². The molecule has 128 valence electrons. The second-order valence-electron chi connectivity index (χ2n) is 7.52. The predicted octanol–water partition coefficient (Wildman–Crippen LogP) is 3.36. The van der Waals surface area contributed by atoms with Gasteiger partial charge in [-0.2, -0.15) is 0 Å². The molecule has 2 aliphatic carbocycles. The van der Waals surface area contributed by atoms with Crippen LogP contribution in [0.5, 0.6) is 0 Å². The Morgan fingerprint density at radius 1 is 1.21 bits per heavy atom. The summed E-state index contributed by atoms with van der Waals surface area (Å²) in [6, 6.07) is 6.99. The number of amides is 1. The van der Waals surface area contributed by atoms with Crippen molar-refractivity contribution in [2.75, 3.05) is 19.6 Å². The quantitative estimate of drug-likeness (QED) is 0.841. The Kier molecular flexibility index (Phi) is 4.17. The number of carbonyl (C=O) groups excluding carboxylic acids is 1. The van der Waals surface area contributed by atoms with Gasteiger partial charge in [-0.3, -0.25) is 9.69 Å². The monoisotopic (exact) mass is 328 g/mol. The van der Waals surface area contributed by atoms with Gasteiger partial charge in [0.2, 0.25) is 5.91 Å². The van der Waals surface area contributed by atoms with Crippen LogP contribution < -0.4 is 5.32 Å². The van der Waals surface area contributed by atoms with Crippen LogP contribution in [-0.4, -0.2) is 30.4 Å². The summed E-state index contributed by atoms with van der Waals surface area (Å²) in [6.45, 7) is 2.81. The van der Waals surface area contributed by atoms with E-state index >= 15 is 0 Å². The third-order valence-corrected chi connectivity index (χ3v) is 5.71. The van der Waals surface area contributed by atoms with E-state index in [1.165, 1.54) is 24.0 Å². The fraction of sp³-hybridized carbons (Fsp3) is 0.550. The van der Waals surface area contributed by atoms with Crippen LogP contribution >= 0.6 is 0 Å². The van der Waals surface area contributed by atoms with Gasteiger partial charge in [-0.05, 0) is 62.1 Å². The third kappa shape index (κ3) is 3.39. The van der Waals surface area contributed by atoms with Gasteiger partial charge in [0.15, 0.2) is 0 Å². The first-order chi connectivity index (χ1) is 11.7. The highest BCUT2D eigenvalue weighted by atomic mass is 19.1. The molecule has 1 saturated heterocycles.